The zero-order valence-electron chi connectivity index (χ0n) is 13.7. The number of aliphatic imine (C=N–C) groups is 1. The molecule has 2 N–H and O–H groups in total. The molecule has 0 aromatic heterocycles. The smallest absolute Gasteiger partial charge is 0.387 e. The Balaban J connectivity index is 0.00000484. The van der Waals surface area contributed by atoms with E-state index >= 15 is 0 Å². The molecule has 8 heteroatoms. The molecule has 1 aromatic rings. The van der Waals surface area contributed by atoms with Gasteiger partial charge in [-0.05, 0) is 24.1 Å². The Labute approximate surface area is 152 Å². The minimum Gasteiger partial charge on any atom is -0.497 e. The third-order valence-corrected chi connectivity index (χ3v) is 2.83. The van der Waals surface area contributed by atoms with E-state index in [9.17, 15) is 8.78 Å². The van der Waals surface area contributed by atoms with E-state index in [2.05, 4.69) is 34.2 Å². The molecule has 0 saturated heterocycles. The highest BCUT2D eigenvalue weighted by atomic mass is 127. The summed E-state index contributed by atoms with van der Waals surface area (Å²) in [4.78, 5) is 4.08. The van der Waals surface area contributed by atoms with Gasteiger partial charge in [-0.15, -0.1) is 24.0 Å². The quantitative estimate of drug-likeness (QED) is 0.386. The van der Waals surface area contributed by atoms with E-state index in [1.807, 2.05) is 0 Å². The number of alkyl halides is 2. The van der Waals surface area contributed by atoms with Crippen molar-refractivity contribution in [3.8, 4) is 11.5 Å². The van der Waals surface area contributed by atoms with Crippen molar-refractivity contribution < 1.29 is 18.3 Å². The van der Waals surface area contributed by atoms with Crippen molar-refractivity contribution in [3.63, 3.8) is 0 Å². The van der Waals surface area contributed by atoms with Crippen LogP contribution in [-0.4, -0.2) is 33.3 Å². The largest absolute Gasteiger partial charge is 0.497 e. The second kappa shape index (κ2) is 11.3. The fraction of sp³-hybridized carbons (Fsp3) is 0.533. The minimum atomic E-state index is -2.87. The molecule has 0 radical (unpaired) electrons. The van der Waals surface area contributed by atoms with Crippen LogP contribution in [0.4, 0.5) is 8.78 Å². The molecule has 1 rings (SSSR count). The predicted molar refractivity (Wildman–Crippen MR) is 98.1 cm³/mol. The van der Waals surface area contributed by atoms with E-state index in [4.69, 9.17) is 4.74 Å². The number of rotatable bonds is 7. The predicted octanol–water partition coefficient (Wildman–Crippen LogP) is 3.24. The molecule has 0 aliphatic carbocycles. The average molecular weight is 443 g/mol. The van der Waals surface area contributed by atoms with Crippen LogP contribution >= 0.6 is 24.0 Å². The Kier molecular flexibility index (Phi) is 10.6. The second-order valence-electron chi connectivity index (χ2n) is 5.05. The molecular weight excluding hydrogens is 419 g/mol. The molecule has 0 amide bonds. The summed E-state index contributed by atoms with van der Waals surface area (Å²) in [5.74, 6) is 1.75. The number of benzene rings is 1. The van der Waals surface area contributed by atoms with Gasteiger partial charge in [0.15, 0.2) is 5.96 Å². The van der Waals surface area contributed by atoms with E-state index in [-0.39, 0.29) is 36.3 Å². The van der Waals surface area contributed by atoms with E-state index < -0.39 is 6.61 Å². The molecule has 132 valence electrons. The number of halogens is 3. The standard InChI is InChI=1S/C15H23F2N3O2.HI/c1-10(2)8-19-15(18-3)20-9-11-7-12(21-4)5-6-13(11)22-14(16)17;/h5-7,10,14H,8-9H2,1-4H3,(H2,18,19,20);1H. The maximum absolute atomic E-state index is 12.4. The number of hydrogen-bond acceptors (Lipinski definition) is 3. The zero-order valence-corrected chi connectivity index (χ0v) is 16.1. The van der Waals surface area contributed by atoms with Crippen molar-refractivity contribution >= 4 is 29.9 Å². The third-order valence-electron chi connectivity index (χ3n) is 2.83. The van der Waals surface area contributed by atoms with Crippen LogP contribution in [0.1, 0.15) is 19.4 Å². The molecule has 0 aliphatic heterocycles. The minimum absolute atomic E-state index is 0. The molecule has 0 saturated carbocycles. The summed E-state index contributed by atoms with van der Waals surface area (Å²) in [6.07, 6.45) is 0. The molecule has 0 aliphatic rings. The Morgan fingerprint density at radius 2 is 1.96 bits per heavy atom. The van der Waals surface area contributed by atoms with E-state index in [1.165, 1.54) is 13.2 Å². The van der Waals surface area contributed by atoms with Crippen LogP contribution in [0.5, 0.6) is 11.5 Å². The Hall–Kier alpha value is -1.32. The third kappa shape index (κ3) is 8.19. The van der Waals surface area contributed by atoms with Crippen LogP contribution in [0, 0.1) is 5.92 Å². The normalized spacial score (nSPS) is 11.2. The van der Waals surface area contributed by atoms with E-state index in [0.717, 1.165) is 6.54 Å². The van der Waals surface area contributed by atoms with E-state index in [0.29, 0.717) is 23.2 Å². The van der Waals surface area contributed by atoms with Crippen molar-refractivity contribution in [3.05, 3.63) is 23.8 Å². The fourth-order valence-electron chi connectivity index (χ4n) is 1.73. The molecule has 0 heterocycles. The van der Waals surface area contributed by atoms with Gasteiger partial charge in [0.25, 0.3) is 0 Å². The van der Waals surface area contributed by atoms with Crippen LogP contribution in [-0.2, 0) is 6.54 Å². The highest BCUT2D eigenvalue weighted by Gasteiger charge is 2.11. The van der Waals surface area contributed by atoms with Crippen LogP contribution in [0.3, 0.4) is 0 Å². The van der Waals surface area contributed by atoms with Crippen LogP contribution in [0.15, 0.2) is 23.2 Å². The number of guanidine groups is 1. The van der Waals surface area contributed by atoms with Crippen LogP contribution < -0.4 is 20.1 Å². The highest BCUT2D eigenvalue weighted by molar-refractivity contribution is 14.0. The van der Waals surface area contributed by atoms with Gasteiger partial charge in [-0.3, -0.25) is 4.99 Å². The maximum atomic E-state index is 12.4. The summed E-state index contributed by atoms with van der Waals surface area (Å²) in [6.45, 7) is 2.34. The van der Waals surface area contributed by atoms with Gasteiger partial charge in [0.2, 0.25) is 0 Å². The van der Waals surface area contributed by atoms with Crippen molar-refractivity contribution in [1.82, 2.24) is 10.6 Å². The lowest BCUT2D eigenvalue weighted by Gasteiger charge is -2.16. The Morgan fingerprint density at radius 3 is 2.48 bits per heavy atom. The van der Waals surface area contributed by atoms with Gasteiger partial charge in [0.1, 0.15) is 11.5 Å². The first-order valence-electron chi connectivity index (χ1n) is 7.02. The lowest BCUT2D eigenvalue weighted by Crippen LogP contribution is -2.38. The molecule has 0 atom stereocenters. The van der Waals surface area contributed by atoms with Crippen molar-refractivity contribution in [2.45, 2.75) is 27.0 Å². The summed E-state index contributed by atoms with van der Waals surface area (Å²) in [5, 5.41) is 6.21. The molecular formula is C15H24F2IN3O2. The van der Waals surface area contributed by atoms with Crippen LogP contribution in [0.25, 0.3) is 0 Å². The molecule has 0 bridgehead atoms. The Bertz CT molecular complexity index is 500. The first-order chi connectivity index (χ1) is 10.5. The zero-order chi connectivity index (χ0) is 16.5. The molecule has 0 spiro atoms. The summed E-state index contributed by atoms with van der Waals surface area (Å²) in [5.41, 5.74) is 0.562. The van der Waals surface area contributed by atoms with Gasteiger partial charge in [-0.25, -0.2) is 0 Å². The van der Waals surface area contributed by atoms with Gasteiger partial charge in [0, 0.05) is 25.7 Å². The van der Waals surface area contributed by atoms with Gasteiger partial charge in [0.05, 0.1) is 7.11 Å². The average Bonchev–Trinajstić information content (AvgIpc) is 2.48. The van der Waals surface area contributed by atoms with Gasteiger partial charge < -0.3 is 20.1 Å². The number of hydrogen-bond donors (Lipinski definition) is 2. The highest BCUT2D eigenvalue weighted by Crippen LogP contribution is 2.25. The number of nitrogens with zero attached hydrogens (tertiary/aromatic N) is 1. The van der Waals surface area contributed by atoms with Crippen molar-refractivity contribution in [2.24, 2.45) is 10.9 Å². The first kappa shape index (κ1) is 21.7. The van der Waals surface area contributed by atoms with Crippen molar-refractivity contribution in [2.75, 3.05) is 20.7 Å². The van der Waals surface area contributed by atoms with Gasteiger partial charge in [-0.2, -0.15) is 8.78 Å². The SMILES string of the molecule is CN=C(NCc1cc(OC)ccc1OC(F)F)NCC(C)C.I. The van der Waals surface area contributed by atoms with Crippen molar-refractivity contribution in [1.29, 1.82) is 0 Å². The summed E-state index contributed by atoms with van der Waals surface area (Å²) >= 11 is 0. The topological polar surface area (TPSA) is 54.9 Å². The molecule has 1 aromatic carbocycles. The second-order valence-corrected chi connectivity index (χ2v) is 5.05. The molecule has 23 heavy (non-hydrogen) atoms. The molecule has 5 nitrogen and oxygen atoms in total. The molecule has 0 fully saturated rings. The number of ether oxygens (including phenoxy) is 2. The fourth-order valence-corrected chi connectivity index (χ4v) is 1.73. The number of nitrogens with one attached hydrogen (secondary N) is 2. The summed E-state index contributed by atoms with van der Waals surface area (Å²) < 4.78 is 34.5. The van der Waals surface area contributed by atoms with Crippen LogP contribution in [0.2, 0.25) is 0 Å². The van der Waals surface area contributed by atoms with Gasteiger partial charge >= 0.3 is 6.61 Å². The first-order valence-corrected chi connectivity index (χ1v) is 7.02. The van der Waals surface area contributed by atoms with E-state index in [1.54, 1.807) is 19.2 Å². The maximum Gasteiger partial charge on any atom is 0.387 e. The van der Waals surface area contributed by atoms with Gasteiger partial charge in [-0.1, -0.05) is 13.8 Å². The lowest BCUT2D eigenvalue weighted by atomic mass is 10.2. The Morgan fingerprint density at radius 1 is 1.26 bits per heavy atom. The molecule has 0 unspecified atom stereocenters. The number of methoxy groups -OCH3 is 1. The lowest BCUT2D eigenvalue weighted by molar-refractivity contribution is -0.0504. The summed E-state index contributed by atoms with van der Waals surface area (Å²) in [6, 6.07) is 4.69. The summed E-state index contributed by atoms with van der Waals surface area (Å²) in [7, 11) is 3.17. The monoisotopic (exact) mass is 443 g/mol.